The maximum Gasteiger partial charge on any atom is 0.253 e. The molecule has 170 valence electrons. The van der Waals surface area contributed by atoms with Crippen molar-refractivity contribution in [2.24, 2.45) is 0 Å². The van der Waals surface area contributed by atoms with E-state index in [-0.39, 0.29) is 50.6 Å². The Bertz CT molecular complexity index is 1320. The van der Waals surface area contributed by atoms with Crippen molar-refractivity contribution in [1.29, 1.82) is 0 Å². The lowest BCUT2D eigenvalue weighted by molar-refractivity contribution is 0.0628. The van der Waals surface area contributed by atoms with Gasteiger partial charge in [0.15, 0.2) is 5.78 Å². The average molecular weight is 483 g/mol. The number of benzene rings is 3. The van der Waals surface area contributed by atoms with Crippen LogP contribution in [0.4, 0.5) is 0 Å². The Labute approximate surface area is 199 Å². The number of halogens is 1. The summed E-state index contributed by atoms with van der Waals surface area (Å²) >= 11 is 0. The number of carbonyl (C=O) groups excluding carboxylic acids is 2. The first-order valence-corrected chi connectivity index (χ1v) is 12.0. The number of piperazine rings is 1. The van der Waals surface area contributed by atoms with Gasteiger partial charge in [0.2, 0.25) is 9.84 Å². The lowest BCUT2D eigenvalue weighted by Gasteiger charge is -2.35. The number of nitrogens with zero attached hydrogens (tertiary/aromatic N) is 2. The van der Waals surface area contributed by atoms with Gasteiger partial charge < -0.3 is 4.90 Å². The molecule has 0 bridgehead atoms. The maximum absolute atomic E-state index is 13.1. The lowest BCUT2D eigenvalue weighted by Crippen LogP contribution is -2.48. The standard InChI is InChI=1S/C25H22N2O4S.ClH/c28-24-20-8-4-5-9-22(20)32(30,31)23-16-19(10-11-21(23)24)25(29)27-14-12-26(13-15-27)17-18-6-2-1-3-7-18;/h1-11,16H,12-15,17H2;1H. The van der Waals surface area contributed by atoms with E-state index in [1.807, 2.05) is 18.2 Å². The minimum atomic E-state index is -3.86. The number of hydrogen-bond donors (Lipinski definition) is 0. The van der Waals surface area contributed by atoms with Crippen molar-refractivity contribution in [1.82, 2.24) is 9.80 Å². The van der Waals surface area contributed by atoms with E-state index in [9.17, 15) is 18.0 Å². The lowest BCUT2D eigenvalue weighted by atomic mass is 10.0. The van der Waals surface area contributed by atoms with Gasteiger partial charge in [0, 0.05) is 49.4 Å². The second kappa shape index (κ2) is 9.09. The highest BCUT2D eigenvalue weighted by Gasteiger charge is 2.35. The first-order chi connectivity index (χ1) is 15.4. The summed E-state index contributed by atoms with van der Waals surface area (Å²) in [6.45, 7) is 3.46. The zero-order valence-corrected chi connectivity index (χ0v) is 19.4. The molecule has 0 aromatic heterocycles. The van der Waals surface area contributed by atoms with Gasteiger partial charge in [-0.25, -0.2) is 8.42 Å². The minimum Gasteiger partial charge on any atom is -0.336 e. The van der Waals surface area contributed by atoms with Crippen molar-refractivity contribution in [3.63, 3.8) is 0 Å². The molecule has 3 aromatic carbocycles. The number of amides is 1. The molecule has 2 heterocycles. The van der Waals surface area contributed by atoms with Crippen LogP contribution in [0.2, 0.25) is 0 Å². The zero-order valence-electron chi connectivity index (χ0n) is 17.8. The fourth-order valence-corrected chi connectivity index (χ4v) is 6.03. The quantitative estimate of drug-likeness (QED) is 0.447. The first kappa shape index (κ1) is 23.2. The monoisotopic (exact) mass is 482 g/mol. The first-order valence-electron chi connectivity index (χ1n) is 10.5. The van der Waals surface area contributed by atoms with Gasteiger partial charge >= 0.3 is 0 Å². The molecule has 0 radical (unpaired) electrons. The Kier molecular flexibility index (Phi) is 6.38. The minimum absolute atomic E-state index is 0. The number of carbonyl (C=O) groups is 2. The molecule has 1 amide bonds. The van der Waals surface area contributed by atoms with Crippen LogP contribution in [0.15, 0.2) is 82.6 Å². The van der Waals surface area contributed by atoms with Gasteiger partial charge in [-0.1, -0.05) is 42.5 Å². The van der Waals surface area contributed by atoms with Gasteiger partial charge in [0.05, 0.1) is 9.79 Å². The summed E-state index contributed by atoms with van der Waals surface area (Å²) in [6, 6.07) is 20.8. The van der Waals surface area contributed by atoms with Crippen LogP contribution in [-0.4, -0.2) is 56.1 Å². The van der Waals surface area contributed by atoms with E-state index in [0.717, 1.165) is 19.6 Å². The topological polar surface area (TPSA) is 74.8 Å². The summed E-state index contributed by atoms with van der Waals surface area (Å²) in [4.78, 5) is 29.9. The molecular formula is C25H23ClN2O4S. The summed E-state index contributed by atoms with van der Waals surface area (Å²) in [5.41, 5.74) is 1.81. The molecule has 0 saturated carbocycles. The van der Waals surface area contributed by atoms with Gasteiger partial charge in [-0.15, -0.1) is 12.4 Å². The van der Waals surface area contributed by atoms with Crippen LogP contribution in [0.1, 0.15) is 31.8 Å². The summed E-state index contributed by atoms with van der Waals surface area (Å²) in [5, 5.41) is 0. The van der Waals surface area contributed by atoms with Crippen LogP contribution in [0, 0.1) is 0 Å². The van der Waals surface area contributed by atoms with E-state index in [1.54, 1.807) is 23.1 Å². The molecule has 0 atom stereocenters. The van der Waals surface area contributed by atoms with E-state index in [1.165, 1.54) is 29.8 Å². The molecular weight excluding hydrogens is 460 g/mol. The third-order valence-electron chi connectivity index (χ3n) is 6.09. The zero-order chi connectivity index (χ0) is 22.3. The van der Waals surface area contributed by atoms with Crippen molar-refractivity contribution < 1.29 is 18.0 Å². The summed E-state index contributed by atoms with van der Waals surface area (Å²) < 4.78 is 26.2. The fourth-order valence-electron chi connectivity index (χ4n) is 4.35. The number of fused-ring (bicyclic) bond motifs is 2. The number of sulfone groups is 1. The summed E-state index contributed by atoms with van der Waals surface area (Å²) in [7, 11) is -3.86. The van der Waals surface area contributed by atoms with Crippen LogP contribution in [-0.2, 0) is 16.4 Å². The Morgan fingerprint density at radius 1 is 0.788 bits per heavy atom. The molecule has 1 fully saturated rings. The van der Waals surface area contributed by atoms with E-state index >= 15 is 0 Å². The van der Waals surface area contributed by atoms with E-state index in [4.69, 9.17) is 0 Å². The Morgan fingerprint density at radius 3 is 2.15 bits per heavy atom. The third-order valence-corrected chi connectivity index (χ3v) is 7.94. The van der Waals surface area contributed by atoms with E-state index in [2.05, 4.69) is 17.0 Å². The molecule has 1 saturated heterocycles. The van der Waals surface area contributed by atoms with Crippen molar-refractivity contribution in [2.75, 3.05) is 26.2 Å². The molecule has 0 unspecified atom stereocenters. The average Bonchev–Trinajstić information content (AvgIpc) is 2.83. The molecule has 33 heavy (non-hydrogen) atoms. The molecule has 6 nitrogen and oxygen atoms in total. The summed E-state index contributed by atoms with van der Waals surface area (Å²) in [5.74, 6) is -0.549. The van der Waals surface area contributed by atoms with Crippen LogP contribution < -0.4 is 0 Å². The number of rotatable bonds is 3. The SMILES string of the molecule is Cl.O=C1c2ccccc2S(=O)(=O)c2cc(C(=O)N3CCN(Cc4ccccc4)CC3)ccc21. The largest absolute Gasteiger partial charge is 0.336 e. The Balaban J connectivity index is 0.00000259. The highest BCUT2D eigenvalue weighted by molar-refractivity contribution is 7.91. The molecule has 0 N–H and O–H groups in total. The Morgan fingerprint density at radius 2 is 1.42 bits per heavy atom. The van der Waals surface area contributed by atoms with Crippen molar-refractivity contribution in [2.45, 2.75) is 16.3 Å². The molecule has 2 aliphatic heterocycles. The molecule has 8 heteroatoms. The highest BCUT2D eigenvalue weighted by Crippen LogP contribution is 2.35. The second-order valence-corrected chi connectivity index (χ2v) is 9.98. The smallest absolute Gasteiger partial charge is 0.253 e. The predicted octanol–water partition coefficient (Wildman–Crippen LogP) is 3.44. The molecule has 5 rings (SSSR count). The maximum atomic E-state index is 13.1. The second-order valence-electron chi connectivity index (χ2n) is 8.09. The molecule has 0 spiro atoms. The number of hydrogen-bond acceptors (Lipinski definition) is 5. The van der Waals surface area contributed by atoms with Gasteiger partial charge in [0.1, 0.15) is 0 Å². The van der Waals surface area contributed by atoms with Gasteiger partial charge in [-0.2, -0.15) is 0 Å². The highest BCUT2D eigenvalue weighted by atomic mass is 35.5. The van der Waals surface area contributed by atoms with Gasteiger partial charge in [-0.3, -0.25) is 14.5 Å². The Hall–Kier alpha value is -3.00. The fraction of sp³-hybridized carbons (Fsp3) is 0.200. The van der Waals surface area contributed by atoms with E-state index in [0.29, 0.717) is 13.1 Å². The number of ketones is 1. The van der Waals surface area contributed by atoms with Gasteiger partial charge in [0.25, 0.3) is 5.91 Å². The van der Waals surface area contributed by atoms with Crippen LogP contribution >= 0.6 is 12.4 Å². The molecule has 3 aromatic rings. The van der Waals surface area contributed by atoms with E-state index < -0.39 is 9.84 Å². The third kappa shape index (κ3) is 4.19. The molecule has 0 aliphatic carbocycles. The van der Waals surface area contributed by atoms with Crippen LogP contribution in [0.5, 0.6) is 0 Å². The van der Waals surface area contributed by atoms with Gasteiger partial charge in [-0.05, 0) is 35.9 Å². The molecule has 2 aliphatic rings. The van der Waals surface area contributed by atoms with Crippen LogP contribution in [0.25, 0.3) is 0 Å². The normalized spacial score (nSPS) is 17.0. The summed E-state index contributed by atoms with van der Waals surface area (Å²) in [6.07, 6.45) is 0. The van der Waals surface area contributed by atoms with Crippen LogP contribution in [0.3, 0.4) is 0 Å². The van der Waals surface area contributed by atoms with Crippen molar-refractivity contribution in [3.8, 4) is 0 Å². The predicted molar refractivity (Wildman–Crippen MR) is 127 cm³/mol. The van der Waals surface area contributed by atoms with Crippen molar-refractivity contribution in [3.05, 3.63) is 95.1 Å². The van der Waals surface area contributed by atoms with Crippen molar-refractivity contribution >= 4 is 33.9 Å².